The summed E-state index contributed by atoms with van der Waals surface area (Å²) in [7, 11) is -4.66. The molecule has 16 heavy (non-hydrogen) atoms. The molecule has 0 atom stereocenters. The van der Waals surface area contributed by atoms with Crippen LogP contribution in [0, 0.1) is 0 Å². The molecule has 0 radical (unpaired) electrons. The van der Waals surface area contributed by atoms with E-state index in [1.54, 1.807) is 12.1 Å². The van der Waals surface area contributed by atoms with E-state index in [4.69, 9.17) is 4.55 Å². The molecular formula is C10H6O5S. The molecule has 0 spiro atoms. The Balaban J connectivity index is 2.75. The zero-order valence-corrected chi connectivity index (χ0v) is 8.69. The summed E-state index contributed by atoms with van der Waals surface area (Å²) in [6.45, 7) is 0. The molecule has 5 nitrogen and oxygen atoms in total. The topological polar surface area (TPSA) is 88.5 Å². The highest BCUT2D eigenvalue weighted by atomic mass is 32.2. The van der Waals surface area contributed by atoms with Crippen LogP contribution >= 0.6 is 0 Å². The zero-order valence-electron chi connectivity index (χ0n) is 7.88. The first-order chi connectivity index (χ1) is 7.41. The van der Waals surface area contributed by atoms with Gasteiger partial charge < -0.3 is 0 Å². The normalized spacial score (nSPS) is 15.7. The van der Waals surface area contributed by atoms with Crippen LogP contribution < -0.4 is 0 Å². The number of ketones is 2. The van der Waals surface area contributed by atoms with Gasteiger partial charge in [-0.1, -0.05) is 24.3 Å². The quantitative estimate of drug-likeness (QED) is 0.574. The van der Waals surface area contributed by atoms with E-state index in [1.165, 1.54) is 12.1 Å². The van der Waals surface area contributed by atoms with Crippen LogP contribution in [-0.2, 0) is 14.9 Å². The second-order valence-electron chi connectivity index (χ2n) is 3.23. The van der Waals surface area contributed by atoms with Crippen LogP contribution in [0.1, 0.15) is 15.9 Å². The lowest BCUT2D eigenvalue weighted by atomic mass is 9.95. The van der Waals surface area contributed by atoms with Crippen LogP contribution in [0.4, 0.5) is 0 Å². The third kappa shape index (κ3) is 1.58. The predicted octanol–water partition coefficient (Wildman–Crippen LogP) is 0.681. The van der Waals surface area contributed by atoms with Crippen molar-refractivity contribution in [3.8, 4) is 0 Å². The third-order valence-corrected chi connectivity index (χ3v) is 3.06. The summed E-state index contributed by atoms with van der Waals surface area (Å²) in [5, 5.41) is 0. The van der Waals surface area contributed by atoms with Gasteiger partial charge in [0.15, 0.2) is 0 Å². The molecule has 0 unspecified atom stereocenters. The number of Topliss-reactive ketones (excluding diaryl/α,β-unsaturated/α-hetero) is 2. The van der Waals surface area contributed by atoms with E-state index < -0.39 is 26.6 Å². The van der Waals surface area contributed by atoms with E-state index >= 15 is 0 Å². The number of allylic oxidation sites excluding steroid dienone is 1. The fraction of sp³-hybridized carbons (Fsp3) is 0. The van der Waals surface area contributed by atoms with E-state index in [-0.39, 0.29) is 5.56 Å². The van der Waals surface area contributed by atoms with E-state index in [1.807, 2.05) is 0 Å². The van der Waals surface area contributed by atoms with Crippen LogP contribution in [0.25, 0.3) is 6.08 Å². The molecule has 0 saturated heterocycles. The van der Waals surface area contributed by atoms with Gasteiger partial charge in [0.2, 0.25) is 11.6 Å². The van der Waals surface area contributed by atoms with Gasteiger partial charge in [-0.05, 0) is 11.6 Å². The molecule has 0 aliphatic heterocycles. The second-order valence-corrected chi connectivity index (χ2v) is 4.62. The highest BCUT2D eigenvalue weighted by molar-refractivity contribution is 7.91. The number of carbonyl (C=O) groups excluding carboxylic acids is 2. The van der Waals surface area contributed by atoms with E-state index in [2.05, 4.69) is 0 Å². The molecule has 2 rings (SSSR count). The SMILES string of the molecule is O=C1C(=O)c2ccccc2C=C1S(=O)(=O)O. The Morgan fingerprint density at radius 2 is 1.62 bits per heavy atom. The molecule has 6 heteroatoms. The molecular weight excluding hydrogens is 232 g/mol. The number of fused-ring (bicyclic) bond motifs is 1. The van der Waals surface area contributed by atoms with Crippen molar-refractivity contribution in [2.45, 2.75) is 0 Å². The van der Waals surface area contributed by atoms with Crippen molar-refractivity contribution < 1.29 is 22.6 Å². The Morgan fingerprint density at radius 3 is 2.25 bits per heavy atom. The van der Waals surface area contributed by atoms with Gasteiger partial charge in [-0.3, -0.25) is 14.1 Å². The van der Waals surface area contributed by atoms with Crippen molar-refractivity contribution >= 4 is 27.8 Å². The maximum atomic E-state index is 11.5. The maximum Gasteiger partial charge on any atom is 0.298 e. The Kier molecular flexibility index (Phi) is 2.25. The Bertz CT molecular complexity index is 624. The van der Waals surface area contributed by atoms with Gasteiger partial charge >= 0.3 is 0 Å². The first-order valence-corrected chi connectivity index (χ1v) is 5.72. The zero-order chi connectivity index (χ0) is 11.9. The highest BCUT2D eigenvalue weighted by Crippen LogP contribution is 2.23. The van der Waals surface area contributed by atoms with Crippen molar-refractivity contribution in [1.29, 1.82) is 0 Å². The molecule has 1 aliphatic rings. The van der Waals surface area contributed by atoms with Crippen molar-refractivity contribution in [2.75, 3.05) is 0 Å². The van der Waals surface area contributed by atoms with Gasteiger partial charge in [0.25, 0.3) is 10.1 Å². The minimum Gasteiger partial charge on any atom is -0.285 e. The van der Waals surface area contributed by atoms with Crippen molar-refractivity contribution in [1.82, 2.24) is 0 Å². The second kappa shape index (κ2) is 3.36. The van der Waals surface area contributed by atoms with Crippen molar-refractivity contribution in [3.63, 3.8) is 0 Å². The number of carbonyl (C=O) groups is 2. The molecule has 0 aromatic heterocycles. The molecule has 0 fully saturated rings. The Hall–Kier alpha value is -1.79. The predicted molar refractivity (Wildman–Crippen MR) is 55.3 cm³/mol. The van der Waals surface area contributed by atoms with Crippen LogP contribution in [-0.4, -0.2) is 24.5 Å². The smallest absolute Gasteiger partial charge is 0.285 e. The monoisotopic (exact) mass is 238 g/mol. The average molecular weight is 238 g/mol. The summed E-state index contributed by atoms with van der Waals surface area (Å²) in [6.07, 6.45) is 0.994. The Morgan fingerprint density at radius 1 is 1.00 bits per heavy atom. The molecule has 1 aromatic carbocycles. The molecule has 82 valence electrons. The van der Waals surface area contributed by atoms with Gasteiger partial charge in [0, 0.05) is 5.56 Å². The first kappa shape index (κ1) is 10.7. The van der Waals surface area contributed by atoms with Gasteiger partial charge in [-0.15, -0.1) is 0 Å². The summed E-state index contributed by atoms with van der Waals surface area (Å²) in [4.78, 5) is 22.0. The number of benzene rings is 1. The summed E-state index contributed by atoms with van der Waals surface area (Å²) >= 11 is 0. The molecule has 0 bridgehead atoms. The van der Waals surface area contributed by atoms with E-state index in [9.17, 15) is 18.0 Å². The number of rotatable bonds is 1. The maximum absolute atomic E-state index is 11.5. The summed E-state index contributed by atoms with van der Waals surface area (Å²) in [5.41, 5.74) is 0.444. The third-order valence-electron chi connectivity index (χ3n) is 2.20. The lowest BCUT2D eigenvalue weighted by Gasteiger charge is -2.11. The number of hydrogen-bond donors (Lipinski definition) is 1. The van der Waals surface area contributed by atoms with E-state index in [0.29, 0.717) is 5.56 Å². The molecule has 1 aliphatic carbocycles. The summed E-state index contributed by atoms with van der Waals surface area (Å²) < 4.78 is 30.5. The molecule has 1 aromatic rings. The lowest BCUT2D eigenvalue weighted by Crippen LogP contribution is -2.25. The fourth-order valence-corrected chi connectivity index (χ4v) is 2.07. The molecule has 0 amide bonds. The van der Waals surface area contributed by atoms with Gasteiger partial charge in [-0.25, -0.2) is 0 Å². The minimum atomic E-state index is -4.66. The number of hydrogen-bond acceptors (Lipinski definition) is 4. The van der Waals surface area contributed by atoms with Gasteiger partial charge in [-0.2, -0.15) is 8.42 Å². The minimum absolute atomic E-state index is 0.139. The molecule has 0 heterocycles. The summed E-state index contributed by atoms with van der Waals surface area (Å²) in [6, 6.07) is 6.08. The van der Waals surface area contributed by atoms with Crippen molar-refractivity contribution in [2.24, 2.45) is 0 Å². The van der Waals surface area contributed by atoms with Crippen LogP contribution in [0.15, 0.2) is 29.2 Å². The van der Waals surface area contributed by atoms with Crippen LogP contribution in [0.5, 0.6) is 0 Å². The molecule has 1 N–H and O–H groups in total. The van der Waals surface area contributed by atoms with Crippen molar-refractivity contribution in [3.05, 3.63) is 40.3 Å². The van der Waals surface area contributed by atoms with Crippen LogP contribution in [0.3, 0.4) is 0 Å². The lowest BCUT2D eigenvalue weighted by molar-refractivity contribution is -0.111. The van der Waals surface area contributed by atoms with Gasteiger partial charge in [0.05, 0.1) is 0 Å². The summed E-state index contributed by atoms with van der Waals surface area (Å²) in [5.74, 6) is -2.13. The fourth-order valence-electron chi connectivity index (χ4n) is 1.46. The Labute approximate surface area is 91.1 Å². The average Bonchev–Trinajstić information content (AvgIpc) is 2.22. The van der Waals surface area contributed by atoms with E-state index in [0.717, 1.165) is 6.08 Å². The first-order valence-electron chi connectivity index (χ1n) is 4.28. The highest BCUT2D eigenvalue weighted by Gasteiger charge is 2.33. The van der Waals surface area contributed by atoms with Crippen LogP contribution in [0.2, 0.25) is 0 Å². The largest absolute Gasteiger partial charge is 0.298 e. The molecule has 0 saturated carbocycles. The van der Waals surface area contributed by atoms with Gasteiger partial charge in [0.1, 0.15) is 4.91 Å². The standard InChI is InChI=1S/C10H6O5S/c11-9-7-4-2-1-3-6(7)5-8(10(9)12)16(13,14)15/h1-5H,(H,13,14,15).